The van der Waals surface area contributed by atoms with Crippen molar-refractivity contribution in [1.29, 1.82) is 0 Å². The van der Waals surface area contributed by atoms with Gasteiger partial charge in [0, 0.05) is 18.9 Å². The molecule has 0 atom stereocenters. The maximum Gasteiger partial charge on any atom is 0.347 e. The van der Waals surface area contributed by atoms with Crippen molar-refractivity contribution in [2.45, 2.75) is 26.8 Å². The number of hydrogen-bond donors (Lipinski definition) is 0. The van der Waals surface area contributed by atoms with Crippen LogP contribution >= 0.6 is 0 Å². The number of hydrogen-bond acceptors (Lipinski definition) is 2. The van der Waals surface area contributed by atoms with Crippen LogP contribution in [0.25, 0.3) is 0 Å². The van der Waals surface area contributed by atoms with Crippen LogP contribution in [0, 0.1) is 5.92 Å². The highest BCUT2D eigenvalue weighted by Gasteiger charge is 1.96. The maximum absolute atomic E-state index is 11.1. The Balaban J connectivity index is 2.64. The van der Waals surface area contributed by atoms with E-state index in [-0.39, 0.29) is 5.69 Å². The molecule has 1 aromatic rings. The van der Waals surface area contributed by atoms with Gasteiger partial charge in [0.1, 0.15) is 0 Å². The van der Waals surface area contributed by atoms with E-state index in [0.29, 0.717) is 5.92 Å². The summed E-state index contributed by atoms with van der Waals surface area (Å²) in [6.45, 7) is 5.05. The van der Waals surface area contributed by atoms with E-state index < -0.39 is 0 Å². The lowest BCUT2D eigenvalue weighted by atomic mass is 10.1. The normalized spacial score (nSPS) is 10.6. The largest absolute Gasteiger partial charge is 0.347 e. The molecule has 3 nitrogen and oxygen atoms in total. The molecule has 0 saturated heterocycles. The number of aromatic nitrogens is 2. The highest BCUT2D eigenvalue weighted by atomic mass is 16.1. The zero-order valence-corrected chi connectivity index (χ0v) is 7.53. The number of rotatable bonds is 3. The Morgan fingerprint density at radius 2 is 2.33 bits per heavy atom. The fraction of sp³-hybridized carbons (Fsp3) is 0.556. The molecule has 1 heterocycles. The van der Waals surface area contributed by atoms with E-state index in [2.05, 4.69) is 18.8 Å². The molecular weight excluding hydrogens is 152 g/mol. The Morgan fingerprint density at radius 3 is 2.92 bits per heavy atom. The second-order valence-electron chi connectivity index (χ2n) is 3.28. The third kappa shape index (κ3) is 2.49. The average molecular weight is 166 g/mol. The Bertz CT molecular complexity index is 291. The Hall–Kier alpha value is -1.12. The van der Waals surface area contributed by atoms with E-state index in [1.807, 2.05) is 0 Å². The van der Waals surface area contributed by atoms with Crippen LogP contribution in [0.2, 0.25) is 0 Å². The van der Waals surface area contributed by atoms with Gasteiger partial charge in [-0.3, -0.25) is 4.57 Å². The fourth-order valence-electron chi connectivity index (χ4n) is 0.955. The summed E-state index contributed by atoms with van der Waals surface area (Å²) in [6.07, 6.45) is 4.32. The van der Waals surface area contributed by atoms with Crippen LogP contribution < -0.4 is 5.69 Å². The van der Waals surface area contributed by atoms with E-state index in [1.54, 1.807) is 16.8 Å². The zero-order valence-electron chi connectivity index (χ0n) is 7.53. The van der Waals surface area contributed by atoms with E-state index in [0.717, 1.165) is 13.0 Å². The highest BCUT2D eigenvalue weighted by Crippen LogP contribution is 1.99. The minimum atomic E-state index is -0.154. The molecule has 0 aromatic carbocycles. The van der Waals surface area contributed by atoms with Crippen LogP contribution in [0.5, 0.6) is 0 Å². The molecule has 0 aliphatic heterocycles. The minimum Gasteiger partial charge on any atom is -0.299 e. The summed E-state index contributed by atoms with van der Waals surface area (Å²) in [5, 5.41) is 0. The van der Waals surface area contributed by atoms with Crippen LogP contribution in [0.15, 0.2) is 23.3 Å². The molecule has 66 valence electrons. The molecule has 0 bridgehead atoms. The molecule has 0 aliphatic rings. The summed E-state index contributed by atoms with van der Waals surface area (Å²) in [7, 11) is 0. The van der Waals surface area contributed by atoms with E-state index >= 15 is 0 Å². The molecule has 0 spiro atoms. The molecule has 0 saturated carbocycles. The Kier molecular flexibility index (Phi) is 3.02. The third-order valence-corrected chi connectivity index (χ3v) is 1.73. The van der Waals surface area contributed by atoms with Gasteiger partial charge in [-0.1, -0.05) is 13.8 Å². The first-order chi connectivity index (χ1) is 5.70. The molecule has 0 fully saturated rings. The van der Waals surface area contributed by atoms with Gasteiger partial charge in [-0.25, -0.2) is 9.78 Å². The number of nitrogens with zero attached hydrogens (tertiary/aromatic N) is 2. The second-order valence-corrected chi connectivity index (χ2v) is 3.28. The zero-order chi connectivity index (χ0) is 8.97. The first kappa shape index (κ1) is 8.97. The maximum atomic E-state index is 11.1. The van der Waals surface area contributed by atoms with Crippen molar-refractivity contribution < 1.29 is 0 Å². The van der Waals surface area contributed by atoms with Crippen molar-refractivity contribution in [2.24, 2.45) is 5.92 Å². The van der Waals surface area contributed by atoms with Crippen LogP contribution in [-0.2, 0) is 6.54 Å². The standard InChI is InChI=1S/C9H14N2O/c1-8(2)4-7-11-6-3-5-10-9(11)12/h3,5-6,8H,4,7H2,1-2H3. The minimum absolute atomic E-state index is 0.154. The van der Waals surface area contributed by atoms with Gasteiger partial charge in [-0.2, -0.15) is 0 Å². The van der Waals surface area contributed by atoms with Gasteiger partial charge >= 0.3 is 5.69 Å². The molecular formula is C9H14N2O. The average Bonchev–Trinajstić information content (AvgIpc) is 2.03. The van der Waals surface area contributed by atoms with Crippen molar-refractivity contribution >= 4 is 0 Å². The van der Waals surface area contributed by atoms with Crippen LogP contribution in [-0.4, -0.2) is 9.55 Å². The van der Waals surface area contributed by atoms with Crippen molar-refractivity contribution in [3.05, 3.63) is 28.9 Å². The van der Waals surface area contributed by atoms with Gasteiger partial charge in [-0.15, -0.1) is 0 Å². The summed E-state index contributed by atoms with van der Waals surface area (Å²) >= 11 is 0. The van der Waals surface area contributed by atoms with Gasteiger partial charge in [0.15, 0.2) is 0 Å². The summed E-state index contributed by atoms with van der Waals surface area (Å²) < 4.78 is 1.64. The Morgan fingerprint density at radius 1 is 1.58 bits per heavy atom. The molecule has 1 aromatic heterocycles. The summed E-state index contributed by atoms with van der Waals surface area (Å²) in [6, 6.07) is 1.78. The topological polar surface area (TPSA) is 34.9 Å². The van der Waals surface area contributed by atoms with Gasteiger partial charge in [0.2, 0.25) is 0 Å². The fourth-order valence-corrected chi connectivity index (χ4v) is 0.955. The van der Waals surface area contributed by atoms with Gasteiger partial charge < -0.3 is 0 Å². The van der Waals surface area contributed by atoms with Crippen molar-refractivity contribution in [1.82, 2.24) is 9.55 Å². The molecule has 3 heteroatoms. The predicted octanol–water partition coefficient (Wildman–Crippen LogP) is 1.29. The third-order valence-electron chi connectivity index (χ3n) is 1.73. The number of aryl methyl sites for hydroxylation is 1. The molecule has 0 amide bonds. The smallest absolute Gasteiger partial charge is 0.299 e. The lowest BCUT2D eigenvalue weighted by Crippen LogP contribution is -2.22. The molecule has 1 rings (SSSR count). The van der Waals surface area contributed by atoms with Crippen molar-refractivity contribution in [3.8, 4) is 0 Å². The van der Waals surface area contributed by atoms with Gasteiger partial charge in [0.25, 0.3) is 0 Å². The van der Waals surface area contributed by atoms with E-state index in [4.69, 9.17) is 0 Å². The summed E-state index contributed by atoms with van der Waals surface area (Å²) in [5.41, 5.74) is -0.154. The molecule has 0 aliphatic carbocycles. The van der Waals surface area contributed by atoms with Crippen LogP contribution in [0.4, 0.5) is 0 Å². The summed E-state index contributed by atoms with van der Waals surface area (Å²) in [5.74, 6) is 0.622. The Labute approximate surface area is 72.1 Å². The highest BCUT2D eigenvalue weighted by molar-refractivity contribution is 4.80. The predicted molar refractivity (Wildman–Crippen MR) is 48.0 cm³/mol. The summed E-state index contributed by atoms with van der Waals surface area (Å²) in [4.78, 5) is 14.7. The van der Waals surface area contributed by atoms with Crippen LogP contribution in [0.1, 0.15) is 20.3 Å². The van der Waals surface area contributed by atoms with Gasteiger partial charge in [0.05, 0.1) is 0 Å². The second kappa shape index (κ2) is 4.04. The molecule has 0 radical (unpaired) electrons. The quantitative estimate of drug-likeness (QED) is 0.678. The van der Waals surface area contributed by atoms with E-state index in [1.165, 1.54) is 6.20 Å². The molecule has 0 unspecified atom stereocenters. The SMILES string of the molecule is CC(C)CCn1cccnc1=O. The molecule has 12 heavy (non-hydrogen) atoms. The lowest BCUT2D eigenvalue weighted by molar-refractivity contribution is 0.502. The van der Waals surface area contributed by atoms with Crippen LogP contribution in [0.3, 0.4) is 0 Å². The first-order valence-electron chi connectivity index (χ1n) is 4.21. The van der Waals surface area contributed by atoms with Crippen molar-refractivity contribution in [2.75, 3.05) is 0 Å². The lowest BCUT2D eigenvalue weighted by Gasteiger charge is -2.05. The van der Waals surface area contributed by atoms with Crippen molar-refractivity contribution in [3.63, 3.8) is 0 Å². The van der Waals surface area contributed by atoms with E-state index in [9.17, 15) is 4.79 Å². The molecule has 0 N–H and O–H groups in total. The first-order valence-corrected chi connectivity index (χ1v) is 4.21. The monoisotopic (exact) mass is 166 g/mol. The van der Waals surface area contributed by atoms with Gasteiger partial charge in [-0.05, 0) is 18.4 Å².